The number of carbonyl (C=O) groups excluding carboxylic acids is 4. The van der Waals surface area contributed by atoms with Gasteiger partial charge in [-0.2, -0.15) is 0 Å². The molecule has 0 atom stereocenters. The van der Waals surface area contributed by atoms with Crippen LogP contribution in [0.1, 0.15) is 47.9 Å². The van der Waals surface area contributed by atoms with Crippen molar-refractivity contribution in [3.05, 3.63) is 119 Å². The molecule has 0 aliphatic carbocycles. The quantitative estimate of drug-likeness (QED) is 0.0305. The van der Waals surface area contributed by atoms with Gasteiger partial charge < -0.3 is 18.9 Å². The van der Waals surface area contributed by atoms with Crippen molar-refractivity contribution < 1.29 is 71.8 Å². The molecule has 376 valence electrons. The molecule has 4 rings (SSSR count). The summed E-state index contributed by atoms with van der Waals surface area (Å²) in [7, 11) is -13.4. The van der Waals surface area contributed by atoms with Crippen molar-refractivity contribution in [2.24, 2.45) is 5.41 Å². The van der Waals surface area contributed by atoms with E-state index in [2.05, 4.69) is 0 Å². The molecule has 0 heterocycles. The Kier molecular flexibility index (Phi) is 22.0. The lowest BCUT2D eigenvalue weighted by atomic mass is 9.92. The van der Waals surface area contributed by atoms with Crippen molar-refractivity contribution in [3.63, 3.8) is 0 Å². The molecule has 0 saturated heterocycles. The molecule has 0 amide bonds. The topological polar surface area (TPSA) is 242 Å². The van der Waals surface area contributed by atoms with Gasteiger partial charge in [0, 0.05) is 23.0 Å². The van der Waals surface area contributed by atoms with E-state index in [-0.39, 0.29) is 42.6 Å². The maximum absolute atomic E-state index is 13.2. The van der Waals surface area contributed by atoms with Gasteiger partial charge in [0.25, 0.3) is 0 Å². The van der Waals surface area contributed by atoms with E-state index in [9.17, 15) is 52.8 Å². The van der Waals surface area contributed by atoms with E-state index in [0.29, 0.717) is 43.2 Å². The summed E-state index contributed by atoms with van der Waals surface area (Å²) in [5.41, 5.74) is 1.52. The van der Waals surface area contributed by atoms with Gasteiger partial charge in [0.15, 0.2) is 0 Å². The molecule has 4 aromatic rings. The summed E-state index contributed by atoms with van der Waals surface area (Å²) < 4.78 is 125. The molecule has 0 radical (unpaired) electrons. The largest absolute Gasteiger partial charge is 0.465 e. The zero-order valence-corrected chi connectivity index (χ0v) is 44.6. The van der Waals surface area contributed by atoms with Gasteiger partial charge in [-0.3, -0.25) is 19.2 Å². The second-order valence-corrected chi connectivity index (χ2v) is 31.7. The molecule has 0 spiro atoms. The second-order valence-electron chi connectivity index (χ2n) is 15.5. The highest BCUT2D eigenvalue weighted by Crippen LogP contribution is 2.29. The van der Waals surface area contributed by atoms with Crippen LogP contribution in [0.25, 0.3) is 0 Å². The molecule has 16 nitrogen and oxygen atoms in total. The molecular formula is C45H52O16S8. The van der Waals surface area contributed by atoms with Crippen LogP contribution >= 0.6 is 43.2 Å². The van der Waals surface area contributed by atoms with Gasteiger partial charge in [-0.1, -0.05) is 70.8 Å². The normalized spacial score (nSPS) is 12.2. The smallest absolute Gasteiger partial charge is 0.306 e. The number of esters is 4. The fourth-order valence-corrected chi connectivity index (χ4v) is 16.4. The Hall–Kier alpha value is -4.04. The molecule has 0 aliphatic rings. The highest BCUT2D eigenvalue weighted by atomic mass is 33.2. The molecule has 24 heteroatoms. The standard InChI is InChI=1S/C45H52O16S8/c1-33-5-13-37(14-6-33)66(50,51)62-25-21-41(46)58-29-45(30-59-42(47)22-26-63-67(52,53)38-15-7-34(2)8-16-38,31-60-43(48)23-27-64-68(54,55)39-17-9-35(3)10-18-39)32-61-44(49)24-28-65-69(56,57)40-19-11-36(4)12-20-40/h5-20H,21-32H2,1-4H3. The summed E-state index contributed by atoms with van der Waals surface area (Å²) in [5.74, 6) is -4.67. The van der Waals surface area contributed by atoms with Gasteiger partial charge in [0.2, 0.25) is 35.5 Å². The van der Waals surface area contributed by atoms with Crippen molar-refractivity contribution >= 4 is 103 Å². The maximum Gasteiger partial charge on any atom is 0.306 e. The molecular weight excluding hydrogens is 1050 g/mol. The van der Waals surface area contributed by atoms with Crippen LogP contribution in [0, 0.1) is 33.1 Å². The lowest BCUT2D eigenvalue weighted by Crippen LogP contribution is -2.44. The zero-order chi connectivity index (χ0) is 50.9. The molecule has 0 aromatic heterocycles. The number of aryl methyl sites for hydroxylation is 4. The number of benzene rings is 4. The minimum Gasteiger partial charge on any atom is -0.465 e. The van der Waals surface area contributed by atoms with Crippen LogP contribution in [0.15, 0.2) is 117 Å². The van der Waals surface area contributed by atoms with Crippen molar-refractivity contribution in [1.82, 2.24) is 0 Å². The minimum absolute atomic E-state index is 0.0272. The lowest BCUT2D eigenvalue weighted by molar-refractivity contribution is -0.170. The molecule has 0 unspecified atom stereocenters. The van der Waals surface area contributed by atoms with Crippen LogP contribution in [0.3, 0.4) is 0 Å². The number of hydrogen-bond donors (Lipinski definition) is 0. The van der Waals surface area contributed by atoms with E-state index < -0.39 is 117 Å². The third-order valence-electron chi connectivity index (χ3n) is 9.57. The van der Waals surface area contributed by atoms with Gasteiger partial charge in [-0.15, -0.1) is 0 Å². The molecule has 0 bridgehead atoms. The lowest BCUT2D eigenvalue weighted by Gasteiger charge is -2.31. The number of carbonyl (C=O) groups is 4. The fourth-order valence-electron chi connectivity index (χ4n) is 5.50. The number of hydrogen-bond acceptors (Lipinski definition) is 20. The van der Waals surface area contributed by atoms with Crippen LogP contribution in [-0.2, 0) is 73.6 Å². The molecule has 0 aliphatic heterocycles. The average Bonchev–Trinajstić information content (AvgIpc) is 3.29. The van der Waals surface area contributed by atoms with E-state index in [1.54, 1.807) is 76.2 Å². The summed E-state index contributed by atoms with van der Waals surface area (Å²) in [6, 6.07) is 24.4. The van der Waals surface area contributed by atoms with Crippen molar-refractivity contribution in [2.75, 3.05) is 49.4 Å². The second kappa shape index (κ2) is 26.4. The first-order valence-electron chi connectivity index (χ1n) is 20.9. The van der Waals surface area contributed by atoms with Gasteiger partial charge >= 0.3 is 23.9 Å². The summed E-state index contributed by atoms with van der Waals surface area (Å²) in [6.07, 6.45) is -1.73. The summed E-state index contributed by atoms with van der Waals surface area (Å²) >= 11 is 0. The van der Waals surface area contributed by atoms with Crippen LogP contribution in [0.5, 0.6) is 0 Å². The highest BCUT2D eigenvalue weighted by molar-refractivity contribution is 8.73. The van der Waals surface area contributed by atoms with Crippen LogP contribution in [-0.4, -0.2) is 107 Å². The van der Waals surface area contributed by atoms with Crippen molar-refractivity contribution in [3.8, 4) is 0 Å². The highest BCUT2D eigenvalue weighted by Gasteiger charge is 2.38. The Morgan fingerprint density at radius 1 is 0.348 bits per heavy atom. The third-order valence-corrected chi connectivity index (χ3v) is 23.7. The monoisotopic (exact) mass is 1100 g/mol. The predicted molar refractivity (Wildman–Crippen MR) is 268 cm³/mol. The van der Waals surface area contributed by atoms with Crippen LogP contribution < -0.4 is 0 Å². The summed E-state index contributed by atoms with van der Waals surface area (Å²) in [6.45, 7) is 4.22. The Morgan fingerprint density at radius 3 is 0.696 bits per heavy atom. The number of rotatable bonds is 28. The third kappa shape index (κ3) is 19.6. The Balaban J connectivity index is 1.50. The van der Waals surface area contributed by atoms with Crippen molar-refractivity contribution in [1.29, 1.82) is 0 Å². The molecule has 69 heavy (non-hydrogen) atoms. The van der Waals surface area contributed by atoms with E-state index in [0.717, 1.165) is 22.3 Å². The summed E-state index contributed by atoms with van der Waals surface area (Å²) in [4.78, 5) is 52.7. The van der Waals surface area contributed by atoms with E-state index in [1.165, 1.54) is 48.5 Å². The number of ether oxygens (including phenoxy) is 4. The Morgan fingerprint density at radius 2 is 0.522 bits per heavy atom. The van der Waals surface area contributed by atoms with Gasteiger partial charge in [0.05, 0.1) is 45.3 Å². The van der Waals surface area contributed by atoms with Crippen molar-refractivity contribution in [2.45, 2.75) is 73.0 Å². The fraction of sp³-hybridized carbons (Fsp3) is 0.378. The molecule has 4 aromatic carbocycles. The van der Waals surface area contributed by atoms with Crippen LogP contribution in [0.2, 0.25) is 0 Å². The van der Waals surface area contributed by atoms with Gasteiger partial charge in [-0.25, -0.2) is 33.7 Å². The van der Waals surface area contributed by atoms with E-state index >= 15 is 0 Å². The Bertz CT molecular complexity index is 2440. The van der Waals surface area contributed by atoms with Crippen LogP contribution in [0.4, 0.5) is 0 Å². The molecule has 0 N–H and O–H groups in total. The first kappa shape index (κ1) is 57.5. The zero-order valence-electron chi connectivity index (χ0n) is 38.0. The summed E-state index contributed by atoms with van der Waals surface area (Å²) in [5, 5.41) is 0. The maximum atomic E-state index is 13.2. The SMILES string of the molecule is Cc1ccc(S(=O)(=O)SCCC(=O)OCC(COC(=O)CCSS(=O)(=O)c2ccc(C)cc2)(COC(=O)CCSS(=O)(=O)c2ccc(C)cc2)COC(=O)CCSS(=O)(=O)c2ccc(C)cc2)cc1. The van der Waals surface area contributed by atoms with E-state index in [4.69, 9.17) is 18.9 Å². The predicted octanol–water partition coefficient (Wildman–Crippen LogP) is 7.43. The average molecular weight is 1110 g/mol. The van der Waals surface area contributed by atoms with Gasteiger partial charge in [-0.05, 0) is 119 Å². The first-order chi connectivity index (χ1) is 32.4. The molecule has 0 fully saturated rings. The molecule has 0 saturated carbocycles. The Labute approximate surface area is 418 Å². The first-order valence-corrected chi connectivity index (χ1v) is 32.8. The minimum atomic E-state index is -3.86. The van der Waals surface area contributed by atoms with E-state index in [1.807, 2.05) is 0 Å². The van der Waals surface area contributed by atoms with Gasteiger partial charge in [0.1, 0.15) is 31.8 Å².